The highest BCUT2D eigenvalue weighted by molar-refractivity contribution is 8.15. The Morgan fingerprint density at radius 3 is 2.21 bits per heavy atom. The second kappa shape index (κ2) is 14.1. The zero-order valence-corrected chi connectivity index (χ0v) is 22.2. The Bertz CT molecular complexity index is 1230. The van der Waals surface area contributed by atoms with Crippen LogP contribution in [-0.2, 0) is 20.9 Å². The first-order chi connectivity index (χ1) is 18.7. The smallest absolute Gasteiger partial charge is 0.305 e. The van der Waals surface area contributed by atoms with Gasteiger partial charge in [0.1, 0.15) is 11.1 Å². The van der Waals surface area contributed by atoms with Gasteiger partial charge in [-0.2, -0.15) is 4.99 Å². The maximum atomic E-state index is 13.1. The molecule has 1 saturated heterocycles. The summed E-state index contributed by atoms with van der Waals surface area (Å²) in [4.78, 5) is 53.5. The molecule has 2 atom stereocenters. The van der Waals surface area contributed by atoms with Crippen LogP contribution < -0.4 is 10.6 Å². The Morgan fingerprint density at radius 2 is 1.56 bits per heavy atom. The molecule has 2 aromatic rings. The van der Waals surface area contributed by atoms with E-state index < -0.39 is 23.1 Å². The lowest BCUT2D eigenvalue weighted by Gasteiger charge is -2.25. The zero-order chi connectivity index (χ0) is 28.4. The van der Waals surface area contributed by atoms with Crippen molar-refractivity contribution in [3.63, 3.8) is 0 Å². The van der Waals surface area contributed by atoms with E-state index in [0.29, 0.717) is 35.8 Å². The third kappa shape index (κ3) is 8.67. The summed E-state index contributed by atoms with van der Waals surface area (Å²) in [5, 5.41) is 31.0. The fraction of sp³-hybridized carbons (Fsp3) is 0.333. The van der Waals surface area contributed by atoms with E-state index in [1.54, 1.807) is 24.3 Å². The van der Waals surface area contributed by atoms with Gasteiger partial charge in [0, 0.05) is 43.2 Å². The van der Waals surface area contributed by atoms with Gasteiger partial charge >= 0.3 is 11.9 Å². The van der Waals surface area contributed by atoms with Crippen LogP contribution in [-0.4, -0.2) is 74.3 Å². The topological polar surface area (TPSA) is 172 Å². The highest BCUT2D eigenvalue weighted by atomic mass is 32.2. The number of nitrogens with one attached hydrogen (secondary N) is 3. The SMILES string of the molecule is CC1C(C(=O)NCCC(=O)O)SC(=NC(=O)c2ccc(C(=N)NCCCC(=O)O)cc2)N1Cc1ccccc1. The Hall–Kier alpha value is -4.19. The van der Waals surface area contributed by atoms with Crippen LogP contribution in [0.1, 0.15) is 47.7 Å². The third-order valence-electron chi connectivity index (χ3n) is 5.99. The van der Waals surface area contributed by atoms with Gasteiger partial charge in [0.05, 0.1) is 6.42 Å². The minimum Gasteiger partial charge on any atom is -0.481 e. The number of amides is 2. The van der Waals surface area contributed by atoms with Crippen LogP contribution in [0.4, 0.5) is 0 Å². The van der Waals surface area contributed by atoms with Crippen LogP contribution in [0.15, 0.2) is 59.6 Å². The molecule has 3 rings (SSSR count). The Balaban J connectivity index is 1.73. The Morgan fingerprint density at radius 1 is 0.923 bits per heavy atom. The molecule has 11 nitrogen and oxygen atoms in total. The number of carbonyl (C=O) groups excluding carboxylic acids is 2. The summed E-state index contributed by atoms with van der Waals surface area (Å²) in [5.41, 5.74) is 1.84. The number of amidine groups is 2. The molecule has 39 heavy (non-hydrogen) atoms. The van der Waals surface area contributed by atoms with E-state index in [1.807, 2.05) is 42.2 Å². The van der Waals surface area contributed by atoms with Gasteiger partial charge in [-0.1, -0.05) is 54.2 Å². The van der Waals surface area contributed by atoms with Crippen molar-refractivity contribution in [2.45, 2.75) is 44.0 Å². The van der Waals surface area contributed by atoms with Gasteiger partial charge in [0.2, 0.25) is 5.91 Å². The van der Waals surface area contributed by atoms with E-state index in [4.69, 9.17) is 15.6 Å². The molecule has 206 valence electrons. The van der Waals surface area contributed by atoms with Gasteiger partial charge in [-0.25, -0.2) is 0 Å². The predicted octanol–water partition coefficient (Wildman–Crippen LogP) is 2.56. The second-order valence-corrected chi connectivity index (χ2v) is 10.0. The van der Waals surface area contributed by atoms with Crippen molar-refractivity contribution in [1.82, 2.24) is 15.5 Å². The van der Waals surface area contributed by atoms with Gasteiger partial charge in [-0.15, -0.1) is 0 Å². The Kier molecular flexibility index (Phi) is 10.6. The summed E-state index contributed by atoms with van der Waals surface area (Å²) >= 11 is 1.17. The Labute approximate surface area is 230 Å². The molecule has 1 aliphatic heterocycles. The molecule has 1 heterocycles. The molecule has 0 aliphatic carbocycles. The third-order valence-corrected chi connectivity index (χ3v) is 7.39. The van der Waals surface area contributed by atoms with Crippen molar-refractivity contribution in [2.75, 3.05) is 13.1 Å². The monoisotopic (exact) mass is 553 g/mol. The standard InChI is InChI=1S/C27H31N5O6S/c1-17-23(26(38)30-15-13-22(35)36)39-27(32(17)16-18-6-3-2-4-7-18)31-25(37)20-11-9-19(10-12-20)24(28)29-14-5-8-21(33)34/h2-4,6-7,9-12,17,23H,5,8,13-16H2,1H3,(H2,28,29)(H,30,38)(H,33,34)(H,35,36). The lowest BCUT2D eigenvalue weighted by Crippen LogP contribution is -2.42. The van der Waals surface area contributed by atoms with Crippen LogP contribution in [0.5, 0.6) is 0 Å². The molecule has 0 bridgehead atoms. The van der Waals surface area contributed by atoms with Crippen LogP contribution in [0.25, 0.3) is 0 Å². The van der Waals surface area contributed by atoms with Crippen LogP contribution in [0.2, 0.25) is 0 Å². The highest BCUT2D eigenvalue weighted by Gasteiger charge is 2.41. The number of aliphatic imine (C=N–C) groups is 1. The van der Waals surface area contributed by atoms with Gasteiger partial charge in [0.25, 0.3) is 5.91 Å². The number of rotatable bonds is 12. The fourth-order valence-corrected chi connectivity index (χ4v) is 5.11. The molecule has 0 radical (unpaired) electrons. The summed E-state index contributed by atoms with van der Waals surface area (Å²) in [5.74, 6) is -2.59. The molecule has 0 saturated carbocycles. The maximum absolute atomic E-state index is 13.1. The quantitative estimate of drug-likeness (QED) is 0.150. The minimum atomic E-state index is -1.00. The highest BCUT2D eigenvalue weighted by Crippen LogP contribution is 2.33. The van der Waals surface area contributed by atoms with E-state index in [2.05, 4.69) is 15.6 Å². The first-order valence-corrected chi connectivity index (χ1v) is 13.3. The van der Waals surface area contributed by atoms with Crippen molar-refractivity contribution in [3.8, 4) is 0 Å². The number of carbonyl (C=O) groups is 4. The van der Waals surface area contributed by atoms with Crippen LogP contribution in [0.3, 0.4) is 0 Å². The number of benzene rings is 2. The summed E-state index contributed by atoms with van der Waals surface area (Å²) in [7, 11) is 0. The molecule has 12 heteroatoms. The first kappa shape index (κ1) is 29.4. The minimum absolute atomic E-state index is 0.0107. The molecule has 1 fully saturated rings. The predicted molar refractivity (Wildman–Crippen MR) is 148 cm³/mol. The van der Waals surface area contributed by atoms with E-state index in [1.165, 1.54) is 11.8 Å². The number of nitrogens with zero attached hydrogens (tertiary/aromatic N) is 2. The average molecular weight is 554 g/mol. The summed E-state index contributed by atoms with van der Waals surface area (Å²) in [6, 6.07) is 15.7. The molecular formula is C27H31N5O6S. The lowest BCUT2D eigenvalue weighted by atomic mass is 10.1. The number of carboxylic acid groups (broad SMARTS) is 2. The largest absolute Gasteiger partial charge is 0.481 e. The number of hydrogen-bond acceptors (Lipinski definition) is 6. The molecule has 1 aliphatic rings. The zero-order valence-electron chi connectivity index (χ0n) is 21.4. The van der Waals surface area contributed by atoms with Gasteiger partial charge in [-0.05, 0) is 31.0 Å². The van der Waals surface area contributed by atoms with E-state index in [9.17, 15) is 19.2 Å². The molecule has 2 aromatic carbocycles. The normalized spacial score (nSPS) is 17.6. The van der Waals surface area contributed by atoms with Crippen LogP contribution >= 0.6 is 11.8 Å². The number of hydrogen-bond donors (Lipinski definition) is 5. The average Bonchev–Trinajstić information content (AvgIpc) is 3.21. The van der Waals surface area contributed by atoms with Crippen molar-refractivity contribution >= 4 is 46.5 Å². The van der Waals surface area contributed by atoms with E-state index in [-0.39, 0.29) is 37.2 Å². The van der Waals surface area contributed by atoms with Gasteiger partial charge in [-0.3, -0.25) is 24.6 Å². The van der Waals surface area contributed by atoms with Crippen LogP contribution in [0, 0.1) is 5.41 Å². The van der Waals surface area contributed by atoms with Crippen molar-refractivity contribution in [3.05, 3.63) is 71.3 Å². The lowest BCUT2D eigenvalue weighted by molar-refractivity contribution is -0.138. The van der Waals surface area contributed by atoms with E-state index >= 15 is 0 Å². The second-order valence-electron chi connectivity index (χ2n) is 8.90. The van der Waals surface area contributed by atoms with E-state index in [0.717, 1.165) is 5.56 Å². The number of aliphatic carboxylic acids is 2. The fourth-order valence-electron chi connectivity index (χ4n) is 3.85. The van der Waals surface area contributed by atoms with Crippen molar-refractivity contribution in [1.29, 1.82) is 5.41 Å². The summed E-state index contributed by atoms with van der Waals surface area (Å²) in [6.45, 7) is 2.66. The van der Waals surface area contributed by atoms with Gasteiger partial charge < -0.3 is 25.7 Å². The van der Waals surface area contributed by atoms with Crippen molar-refractivity contribution in [2.24, 2.45) is 4.99 Å². The summed E-state index contributed by atoms with van der Waals surface area (Å²) < 4.78 is 0. The number of thioether (sulfide) groups is 1. The molecular weight excluding hydrogens is 522 g/mol. The molecule has 2 amide bonds. The molecule has 0 aromatic heterocycles. The maximum Gasteiger partial charge on any atom is 0.305 e. The summed E-state index contributed by atoms with van der Waals surface area (Å²) in [6.07, 6.45) is 0.215. The van der Waals surface area contributed by atoms with Gasteiger partial charge in [0.15, 0.2) is 5.17 Å². The first-order valence-electron chi connectivity index (χ1n) is 12.4. The van der Waals surface area contributed by atoms with Crippen molar-refractivity contribution < 1.29 is 29.4 Å². The number of carboxylic acids is 2. The molecule has 5 N–H and O–H groups in total. The molecule has 2 unspecified atom stereocenters. The molecule has 0 spiro atoms.